The van der Waals surface area contributed by atoms with E-state index in [1.165, 1.54) is 22.6 Å². The summed E-state index contributed by atoms with van der Waals surface area (Å²) in [6.07, 6.45) is 4.99. The molecule has 4 nitrogen and oxygen atoms in total. The Morgan fingerprint density at radius 2 is 1.00 bits per heavy atom. The van der Waals surface area contributed by atoms with Gasteiger partial charge in [-0.2, -0.15) is 10.2 Å². The third-order valence-electron chi connectivity index (χ3n) is 6.93. The number of hydrogen-bond acceptors (Lipinski definition) is 4. The van der Waals surface area contributed by atoms with Crippen LogP contribution in [0.1, 0.15) is 30.4 Å². The van der Waals surface area contributed by atoms with Crippen LogP contribution >= 0.6 is 0 Å². The summed E-state index contributed by atoms with van der Waals surface area (Å²) in [5.41, 5.74) is 5.43. The van der Waals surface area contributed by atoms with Crippen molar-refractivity contribution in [1.82, 2.24) is 9.35 Å². The summed E-state index contributed by atoms with van der Waals surface area (Å²) in [5.74, 6) is 0. The van der Waals surface area contributed by atoms with Gasteiger partial charge in [-0.3, -0.25) is 0 Å². The number of nitrogens with zero attached hydrogens (tertiary/aromatic N) is 4. The lowest BCUT2D eigenvalue weighted by molar-refractivity contribution is 0.294. The molecule has 0 aromatic heterocycles. The topological polar surface area (TPSA) is 31.2 Å². The fourth-order valence-corrected chi connectivity index (χ4v) is 5.41. The molecule has 1 aliphatic carbocycles. The Kier molecular flexibility index (Phi) is 8.24. The Balaban J connectivity index is 2.07. The molecule has 2 aromatic carbocycles. The highest BCUT2D eigenvalue weighted by atomic mass is 28.3. The van der Waals surface area contributed by atoms with Crippen molar-refractivity contribution in [2.24, 2.45) is 15.6 Å². The molecule has 3 rings (SSSR count). The van der Waals surface area contributed by atoms with Gasteiger partial charge in [-0.1, -0.05) is 99.9 Å². The van der Waals surface area contributed by atoms with Gasteiger partial charge in [0.25, 0.3) is 0 Å². The first-order chi connectivity index (χ1) is 15.9. The average molecular weight is 493 g/mol. The predicted octanol–water partition coefficient (Wildman–Crippen LogP) is 6.89. The quantitative estimate of drug-likeness (QED) is 0.297. The Morgan fingerprint density at radius 1 is 0.647 bits per heavy atom. The SMILES string of the molecule is CN(/N=C1\C/C(=N\N(C)[Si](C)(C)C)CC(Cc2ccccc2)(Cc2ccccc2)C1)[Si](C)(C)C. The molecular formula is C28H44N4Si2. The molecule has 0 N–H and O–H groups in total. The maximum atomic E-state index is 5.23. The molecular weight excluding hydrogens is 449 g/mol. The standard InChI is InChI=1S/C28H44N4Si2/c1-31(33(3,4)5)29-26-19-27(30-32(2)34(6,7)8)23-28(22-26,20-24-15-11-9-12-16-24)21-25-17-13-10-14-18-25/h9-18H,19-23H2,1-8H3/b29-26+,30-27+. The van der Waals surface area contributed by atoms with Crippen molar-refractivity contribution < 1.29 is 0 Å². The second kappa shape index (κ2) is 10.6. The second-order valence-electron chi connectivity index (χ2n) is 12.1. The summed E-state index contributed by atoms with van der Waals surface area (Å²) in [5, 5.41) is 10.5. The van der Waals surface area contributed by atoms with Crippen molar-refractivity contribution in [3.63, 3.8) is 0 Å². The summed E-state index contributed by atoms with van der Waals surface area (Å²) in [6, 6.07) is 22.0. The zero-order chi connectivity index (χ0) is 25.0. The maximum absolute atomic E-state index is 5.23. The van der Waals surface area contributed by atoms with Crippen molar-refractivity contribution in [2.45, 2.75) is 71.4 Å². The molecule has 0 heterocycles. The van der Waals surface area contributed by atoms with Crippen molar-refractivity contribution in [3.05, 3.63) is 71.8 Å². The first-order valence-electron chi connectivity index (χ1n) is 12.5. The molecule has 1 fully saturated rings. The van der Waals surface area contributed by atoms with E-state index in [0.717, 1.165) is 32.1 Å². The van der Waals surface area contributed by atoms with E-state index in [1.807, 2.05) is 0 Å². The van der Waals surface area contributed by atoms with Gasteiger partial charge in [-0.05, 0) is 42.2 Å². The van der Waals surface area contributed by atoms with E-state index in [4.69, 9.17) is 10.2 Å². The van der Waals surface area contributed by atoms with Crippen LogP contribution in [-0.2, 0) is 12.8 Å². The summed E-state index contributed by atoms with van der Waals surface area (Å²) in [6.45, 7) is 14.1. The van der Waals surface area contributed by atoms with Crippen molar-refractivity contribution in [3.8, 4) is 0 Å². The van der Waals surface area contributed by atoms with Crippen LogP contribution in [0.15, 0.2) is 70.9 Å². The molecule has 0 spiro atoms. The van der Waals surface area contributed by atoms with Gasteiger partial charge < -0.3 is 9.35 Å². The molecule has 1 saturated carbocycles. The van der Waals surface area contributed by atoms with Crippen LogP contribution in [0.4, 0.5) is 0 Å². The molecule has 2 aromatic rings. The summed E-state index contributed by atoms with van der Waals surface area (Å²) >= 11 is 0. The molecule has 0 saturated heterocycles. The number of rotatable bonds is 8. The first kappa shape index (κ1) is 26.4. The second-order valence-corrected chi connectivity index (χ2v) is 22.1. The van der Waals surface area contributed by atoms with Crippen molar-refractivity contribution >= 4 is 27.9 Å². The normalized spacial score (nSPS) is 18.8. The number of hydrazone groups is 2. The minimum Gasteiger partial charge on any atom is -0.328 e. The Morgan fingerprint density at radius 3 is 1.32 bits per heavy atom. The zero-order valence-electron chi connectivity index (χ0n) is 22.6. The smallest absolute Gasteiger partial charge is 0.168 e. The lowest BCUT2D eigenvalue weighted by Gasteiger charge is -2.41. The molecule has 34 heavy (non-hydrogen) atoms. The van der Waals surface area contributed by atoms with Gasteiger partial charge in [0.1, 0.15) is 0 Å². The van der Waals surface area contributed by atoms with E-state index in [2.05, 4.69) is 123 Å². The minimum absolute atomic E-state index is 0.0686. The summed E-state index contributed by atoms with van der Waals surface area (Å²) in [4.78, 5) is 0. The van der Waals surface area contributed by atoms with Gasteiger partial charge in [0.2, 0.25) is 0 Å². The van der Waals surface area contributed by atoms with Crippen LogP contribution in [-0.4, -0.2) is 51.3 Å². The minimum atomic E-state index is -1.52. The Labute approximate surface area is 209 Å². The lowest BCUT2D eigenvalue weighted by Crippen LogP contribution is -2.44. The van der Waals surface area contributed by atoms with E-state index in [0.29, 0.717) is 0 Å². The van der Waals surface area contributed by atoms with E-state index in [9.17, 15) is 0 Å². The highest BCUT2D eigenvalue weighted by Crippen LogP contribution is 2.41. The third kappa shape index (κ3) is 7.41. The molecule has 0 atom stereocenters. The highest BCUT2D eigenvalue weighted by Gasteiger charge is 2.39. The Bertz CT molecular complexity index is 907. The third-order valence-corrected chi connectivity index (χ3v) is 11.0. The number of hydrogen-bond donors (Lipinski definition) is 0. The van der Waals surface area contributed by atoms with Crippen LogP contribution < -0.4 is 0 Å². The fraction of sp³-hybridized carbons (Fsp3) is 0.500. The fourth-order valence-electron chi connectivity index (χ4n) is 4.52. The highest BCUT2D eigenvalue weighted by molar-refractivity contribution is 6.73. The van der Waals surface area contributed by atoms with Crippen molar-refractivity contribution in [1.29, 1.82) is 0 Å². The molecule has 184 valence electrons. The number of benzene rings is 2. The average Bonchev–Trinajstić information content (AvgIpc) is 2.73. The van der Waals surface area contributed by atoms with Gasteiger partial charge in [0.05, 0.1) is 0 Å². The van der Waals surface area contributed by atoms with Gasteiger partial charge in [0.15, 0.2) is 16.5 Å². The largest absolute Gasteiger partial charge is 0.328 e. The van der Waals surface area contributed by atoms with Crippen LogP contribution in [0.2, 0.25) is 39.3 Å². The maximum Gasteiger partial charge on any atom is 0.168 e. The van der Waals surface area contributed by atoms with Crippen LogP contribution in [0, 0.1) is 5.41 Å². The summed E-state index contributed by atoms with van der Waals surface area (Å²) < 4.78 is 4.53. The zero-order valence-corrected chi connectivity index (χ0v) is 24.6. The Hall–Kier alpha value is -2.19. The van der Waals surface area contributed by atoms with Gasteiger partial charge in [-0.25, -0.2) is 0 Å². The van der Waals surface area contributed by atoms with Crippen LogP contribution in [0.3, 0.4) is 0 Å². The lowest BCUT2D eigenvalue weighted by atomic mass is 9.66. The predicted molar refractivity (Wildman–Crippen MR) is 154 cm³/mol. The van der Waals surface area contributed by atoms with Crippen molar-refractivity contribution in [2.75, 3.05) is 14.1 Å². The van der Waals surface area contributed by atoms with Crippen LogP contribution in [0.25, 0.3) is 0 Å². The molecule has 0 aliphatic heterocycles. The molecule has 0 unspecified atom stereocenters. The first-order valence-corrected chi connectivity index (χ1v) is 19.4. The van der Waals surface area contributed by atoms with Gasteiger partial charge in [-0.15, -0.1) is 0 Å². The molecule has 0 bridgehead atoms. The molecule has 6 heteroatoms. The summed E-state index contributed by atoms with van der Waals surface area (Å²) in [7, 11) is 1.28. The van der Waals surface area contributed by atoms with E-state index in [1.54, 1.807) is 0 Å². The molecule has 1 aliphatic rings. The van der Waals surface area contributed by atoms with E-state index < -0.39 is 16.5 Å². The van der Waals surface area contributed by atoms with Gasteiger partial charge >= 0.3 is 0 Å². The van der Waals surface area contributed by atoms with Gasteiger partial charge in [0, 0.05) is 31.9 Å². The van der Waals surface area contributed by atoms with E-state index >= 15 is 0 Å². The molecule has 0 radical (unpaired) electrons. The molecule has 0 amide bonds. The van der Waals surface area contributed by atoms with Crippen LogP contribution in [0.5, 0.6) is 0 Å². The monoisotopic (exact) mass is 492 g/mol. The van der Waals surface area contributed by atoms with E-state index in [-0.39, 0.29) is 5.41 Å².